The molecule has 0 saturated carbocycles. The van der Waals surface area contributed by atoms with Crippen molar-refractivity contribution < 1.29 is 0 Å². The summed E-state index contributed by atoms with van der Waals surface area (Å²) in [6.07, 6.45) is 0. The van der Waals surface area contributed by atoms with Crippen LogP contribution in [0.2, 0.25) is 5.28 Å². The maximum absolute atomic E-state index is 6.35. The molecule has 6 rings (SSSR count). The summed E-state index contributed by atoms with van der Waals surface area (Å²) in [4.78, 5) is 13.6. The summed E-state index contributed by atoms with van der Waals surface area (Å²) in [5, 5.41) is 4.79. The fraction of sp³-hybridized carbons (Fsp3) is 0. The monoisotopic (exact) mass is 443 g/mol. The average molecular weight is 444 g/mol. The molecule has 5 aromatic carbocycles. The number of hydrogen-bond acceptors (Lipinski definition) is 3. The van der Waals surface area contributed by atoms with Crippen LogP contribution in [0.4, 0.5) is 0 Å². The molecule has 0 unspecified atom stereocenters. The van der Waals surface area contributed by atoms with Crippen LogP contribution >= 0.6 is 11.6 Å². The van der Waals surface area contributed by atoms with Gasteiger partial charge in [0.25, 0.3) is 0 Å². The lowest BCUT2D eigenvalue weighted by Gasteiger charge is -2.10. The van der Waals surface area contributed by atoms with E-state index in [0.29, 0.717) is 11.6 Å². The zero-order valence-electron chi connectivity index (χ0n) is 17.6. The van der Waals surface area contributed by atoms with Crippen LogP contribution in [0, 0.1) is 0 Å². The second-order valence-corrected chi connectivity index (χ2v) is 8.26. The van der Waals surface area contributed by atoms with Crippen molar-refractivity contribution >= 4 is 33.1 Å². The topological polar surface area (TPSA) is 38.7 Å². The van der Waals surface area contributed by atoms with E-state index in [9.17, 15) is 0 Å². The van der Waals surface area contributed by atoms with Crippen LogP contribution in [0.25, 0.3) is 55.4 Å². The van der Waals surface area contributed by atoms with E-state index in [1.807, 2.05) is 30.3 Å². The van der Waals surface area contributed by atoms with Crippen LogP contribution < -0.4 is 0 Å². The van der Waals surface area contributed by atoms with Gasteiger partial charge in [-0.25, -0.2) is 4.98 Å². The van der Waals surface area contributed by atoms with E-state index >= 15 is 0 Å². The number of benzene rings is 5. The van der Waals surface area contributed by atoms with E-state index in [-0.39, 0.29) is 5.28 Å². The number of aromatic nitrogens is 3. The van der Waals surface area contributed by atoms with Crippen molar-refractivity contribution in [2.45, 2.75) is 0 Å². The number of rotatable bonds is 3. The minimum absolute atomic E-state index is 0.180. The summed E-state index contributed by atoms with van der Waals surface area (Å²) < 4.78 is 0. The number of nitrogens with zero attached hydrogens (tertiary/aromatic N) is 3. The van der Waals surface area contributed by atoms with Gasteiger partial charge in [0, 0.05) is 11.1 Å². The molecule has 0 spiro atoms. The Morgan fingerprint density at radius 2 is 1.09 bits per heavy atom. The minimum atomic E-state index is 0.180. The van der Waals surface area contributed by atoms with Gasteiger partial charge in [0.15, 0.2) is 11.6 Å². The summed E-state index contributed by atoms with van der Waals surface area (Å²) in [5.74, 6) is 1.12. The van der Waals surface area contributed by atoms with E-state index in [4.69, 9.17) is 16.6 Å². The lowest BCUT2D eigenvalue weighted by atomic mass is 9.96. The Hall–Kier alpha value is -4.08. The SMILES string of the molecule is Clc1nc(-c2ccc3ccccc3c2)nc(-c2ccc3cccc(-c4ccccc4)c3c2)n1. The highest BCUT2D eigenvalue weighted by molar-refractivity contribution is 6.28. The van der Waals surface area contributed by atoms with Gasteiger partial charge in [-0.2, -0.15) is 9.97 Å². The van der Waals surface area contributed by atoms with E-state index in [1.54, 1.807) is 0 Å². The van der Waals surface area contributed by atoms with E-state index in [2.05, 4.69) is 88.8 Å². The standard InChI is InChI=1S/C29H18ClN3/c30-29-32-27(23-15-13-19-7-4-5-10-22(19)17-23)31-28(33-29)24-16-14-21-11-6-12-25(26(21)18-24)20-8-2-1-3-9-20/h1-18H. The smallest absolute Gasteiger partial charge is 0.208 e. The van der Waals surface area contributed by atoms with Crippen molar-refractivity contribution in [2.75, 3.05) is 0 Å². The van der Waals surface area contributed by atoms with Crippen LogP contribution in [-0.4, -0.2) is 15.0 Å². The molecule has 0 fully saturated rings. The third kappa shape index (κ3) is 3.73. The molecule has 0 aliphatic carbocycles. The molecule has 0 saturated heterocycles. The van der Waals surface area contributed by atoms with Gasteiger partial charge < -0.3 is 0 Å². The largest absolute Gasteiger partial charge is 0.226 e. The third-order valence-electron chi connectivity index (χ3n) is 5.84. The first kappa shape index (κ1) is 19.6. The highest BCUT2D eigenvalue weighted by Crippen LogP contribution is 2.32. The molecule has 0 bridgehead atoms. The molecule has 3 nitrogen and oxygen atoms in total. The van der Waals surface area contributed by atoms with Crippen LogP contribution in [-0.2, 0) is 0 Å². The van der Waals surface area contributed by atoms with Gasteiger partial charge >= 0.3 is 0 Å². The Bertz CT molecular complexity index is 1630. The lowest BCUT2D eigenvalue weighted by Crippen LogP contribution is -1.97. The fourth-order valence-corrected chi connectivity index (χ4v) is 4.38. The predicted octanol–water partition coefficient (Wildman–Crippen LogP) is 7.83. The van der Waals surface area contributed by atoms with Crippen molar-refractivity contribution in [2.24, 2.45) is 0 Å². The van der Waals surface area contributed by atoms with E-state index in [0.717, 1.165) is 27.3 Å². The van der Waals surface area contributed by atoms with E-state index in [1.165, 1.54) is 16.5 Å². The van der Waals surface area contributed by atoms with E-state index < -0.39 is 0 Å². The van der Waals surface area contributed by atoms with Crippen LogP contribution in [0.15, 0.2) is 109 Å². The first-order valence-corrected chi connectivity index (χ1v) is 11.1. The molecule has 156 valence electrons. The first-order chi connectivity index (χ1) is 16.2. The highest BCUT2D eigenvalue weighted by atomic mass is 35.5. The van der Waals surface area contributed by atoms with Crippen molar-refractivity contribution in [3.63, 3.8) is 0 Å². The molecule has 1 aromatic heterocycles. The minimum Gasteiger partial charge on any atom is -0.208 e. The van der Waals surface area contributed by atoms with Gasteiger partial charge in [0.1, 0.15) is 0 Å². The molecule has 0 radical (unpaired) electrons. The molecule has 33 heavy (non-hydrogen) atoms. The molecule has 1 heterocycles. The van der Waals surface area contributed by atoms with Crippen LogP contribution in [0.1, 0.15) is 0 Å². The van der Waals surface area contributed by atoms with Crippen molar-refractivity contribution in [1.82, 2.24) is 15.0 Å². The van der Waals surface area contributed by atoms with Crippen molar-refractivity contribution in [1.29, 1.82) is 0 Å². The van der Waals surface area contributed by atoms with Gasteiger partial charge in [0.05, 0.1) is 0 Å². The Kier molecular flexibility index (Phi) is 4.82. The average Bonchev–Trinajstić information content (AvgIpc) is 2.88. The molecule has 0 N–H and O–H groups in total. The number of fused-ring (bicyclic) bond motifs is 2. The van der Waals surface area contributed by atoms with Crippen LogP contribution in [0.3, 0.4) is 0 Å². The molecule has 0 amide bonds. The maximum Gasteiger partial charge on any atom is 0.226 e. The second-order valence-electron chi connectivity index (χ2n) is 7.92. The molecule has 4 heteroatoms. The molecule has 6 aromatic rings. The molecule has 0 aliphatic rings. The maximum atomic E-state index is 6.35. The molecular formula is C29H18ClN3. The van der Waals surface area contributed by atoms with Crippen molar-refractivity contribution in [3.8, 4) is 33.9 Å². The highest BCUT2D eigenvalue weighted by Gasteiger charge is 2.12. The normalized spacial score (nSPS) is 11.2. The van der Waals surface area contributed by atoms with Gasteiger partial charge in [-0.05, 0) is 56.4 Å². The lowest BCUT2D eigenvalue weighted by molar-refractivity contribution is 1.07. The van der Waals surface area contributed by atoms with Crippen molar-refractivity contribution in [3.05, 3.63) is 114 Å². The summed E-state index contributed by atoms with van der Waals surface area (Å²) in [7, 11) is 0. The quantitative estimate of drug-likeness (QED) is 0.279. The summed E-state index contributed by atoms with van der Waals surface area (Å²) >= 11 is 6.35. The Morgan fingerprint density at radius 3 is 1.88 bits per heavy atom. The number of hydrogen-bond donors (Lipinski definition) is 0. The zero-order chi connectivity index (χ0) is 22.2. The third-order valence-corrected chi connectivity index (χ3v) is 6.01. The van der Waals surface area contributed by atoms with Crippen LogP contribution in [0.5, 0.6) is 0 Å². The number of halogens is 1. The van der Waals surface area contributed by atoms with Gasteiger partial charge in [0.2, 0.25) is 5.28 Å². The Labute approximate surface area is 196 Å². The van der Waals surface area contributed by atoms with Gasteiger partial charge in [-0.1, -0.05) is 97.1 Å². The van der Waals surface area contributed by atoms with Gasteiger partial charge in [-0.15, -0.1) is 0 Å². The Balaban J connectivity index is 1.49. The first-order valence-electron chi connectivity index (χ1n) is 10.7. The van der Waals surface area contributed by atoms with Gasteiger partial charge in [-0.3, -0.25) is 0 Å². The summed E-state index contributed by atoms with van der Waals surface area (Å²) in [5.41, 5.74) is 4.15. The molecule has 0 atom stereocenters. The predicted molar refractivity (Wildman–Crippen MR) is 136 cm³/mol. The molecular weight excluding hydrogens is 426 g/mol. The Morgan fingerprint density at radius 1 is 0.455 bits per heavy atom. The molecule has 0 aliphatic heterocycles. The summed E-state index contributed by atoms with van der Waals surface area (Å²) in [6.45, 7) is 0. The fourth-order valence-electron chi connectivity index (χ4n) is 4.22. The second kappa shape index (κ2) is 8.12. The summed E-state index contributed by atoms with van der Waals surface area (Å²) in [6, 6.07) is 37.4. The zero-order valence-corrected chi connectivity index (χ0v) is 18.4.